The summed E-state index contributed by atoms with van der Waals surface area (Å²) < 4.78 is 3.99. The first-order valence-corrected chi connectivity index (χ1v) is 22.5. The van der Waals surface area contributed by atoms with E-state index >= 15 is 0 Å². The highest BCUT2D eigenvalue weighted by molar-refractivity contribution is 7.26. The standard InChI is InChI=1S/C58H36S2/c1-2-16-35(17-3-1)53-38-19-4-8-23-42(38)55(43-24-9-5-20-39(43)53)46-27-14-30-51-57(46)58-47(28-15-31-52(58)60-51)56-44-25-10-6-21-40(44)54(41-22-7-11-26-45(41)56)36-32-33-50-48(34-36)37-18-12-13-29-49(37)59-50/h1-11,13-17,19-34H,12,18H2. The molecule has 0 spiro atoms. The summed E-state index contributed by atoms with van der Waals surface area (Å²) in [5, 5.41) is 14.3. The molecule has 0 saturated carbocycles. The number of rotatable bonds is 4. The van der Waals surface area contributed by atoms with Crippen molar-refractivity contribution in [3.05, 3.63) is 199 Å². The molecule has 2 aromatic heterocycles. The van der Waals surface area contributed by atoms with E-state index in [1.165, 1.54) is 128 Å². The third-order valence-electron chi connectivity index (χ3n) is 12.9. The summed E-state index contributed by atoms with van der Waals surface area (Å²) in [6.07, 6.45) is 6.87. The van der Waals surface area contributed by atoms with E-state index in [0.29, 0.717) is 0 Å². The largest absolute Gasteiger partial charge is 0.136 e. The van der Waals surface area contributed by atoms with Crippen LogP contribution in [0.25, 0.3) is 124 Å². The molecule has 0 radical (unpaired) electrons. The van der Waals surface area contributed by atoms with Gasteiger partial charge in [-0.05, 0) is 142 Å². The molecule has 13 rings (SSSR count). The van der Waals surface area contributed by atoms with E-state index in [1.54, 1.807) is 0 Å². The summed E-state index contributed by atoms with van der Waals surface area (Å²) in [7, 11) is 0. The average Bonchev–Trinajstić information content (AvgIpc) is 3.89. The maximum Gasteiger partial charge on any atom is 0.0361 e. The van der Waals surface area contributed by atoms with Gasteiger partial charge in [-0.25, -0.2) is 0 Å². The van der Waals surface area contributed by atoms with Gasteiger partial charge in [0.2, 0.25) is 0 Å². The summed E-state index contributed by atoms with van der Waals surface area (Å²) in [6, 6.07) is 68.4. The summed E-state index contributed by atoms with van der Waals surface area (Å²) in [5.74, 6) is 0. The molecule has 280 valence electrons. The Kier molecular flexibility index (Phi) is 7.57. The van der Waals surface area contributed by atoms with Crippen molar-refractivity contribution in [2.45, 2.75) is 12.8 Å². The van der Waals surface area contributed by atoms with Gasteiger partial charge in [-0.3, -0.25) is 0 Å². The van der Waals surface area contributed by atoms with E-state index < -0.39 is 0 Å². The summed E-state index contributed by atoms with van der Waals surface area (Å²) in [5.41, 5.74) is 11.8. The van der Waals surface area contributed by atoms with Gasteiger partial charge in [0.25, 0.3) is 0 Å². The lowest BCUT2D eigenvalue weighted by molar-refractivity contribution is 1.01. The third-order valence-corrected chi connectivity index (χ3v) is 15.2. The number of thiophene rings is 2. The molecule has 2 heterocycles. The van der Waals surface area contributed by atoms with Gasteiger partial charge in [-0.2, -0.15) is 0 Å². The van der Waals surface area contributed by atoms with Crippen LogP contribution in [0, 0.1) is 0 Å². The van der Waals surface area contributed by atoms with Crippen molar-refractivity contribution in [3.63, 3.8) is 0 Å². The lowest BCUT2D eigenvalue weighted by atomic mass is 9.83. The van der Waals surface area contributed by atoms with Gasteiger partial charge in [0.05, 0.1) is 0 Å². The van der Waals surface area contributed by atoms with Crippen molar-refractivity contribution in [1.29, 1.82) is 0 Å². The lowest BCUT2D eigenvalue weighted by Gasteiger charge is -2.20. The van der Waals surface area contributed by atoms with E-state index in [1.807, 2.05) is 22.7 Å². The van der Waals surface area contributed by atoms with Crippen molar-refractivity contribution in [2.24, 2.45) is 0 Å². The molecule has 0 amide bonds. The Morgan fingerprint density at radius 2 is 0.800 bits per heavy atom. The third kappa shape index (κ3) is 4.96. The van der Waals surface area contributed by atoms with Gasteiger partial charge in [-0.1, -0.05) is 164 Å². The SMILES string of the molecule is C1=Cc2sc3ccc(-c4c5ccccc5c(-c5cccc6sc7cccc(-c8c9ccccc9c(-c9ccccc9)c9ccccc89)c7c56)c5ccccc45)cc3c2CC1. The molecule has 0 nitrogen and oxygen atoms in total. The monoisotopic (exact) mass is 796 g/mol. The van der Waals surface area contributed by atoms with Gasteiger partial charge >= 0.3 is 0 Å². The maximum absolute atomic E-state index is 2.48. The van der Waals surface area contributed by atoms with Crippen LogP contribution >= 0.6 is 22.7 Å². The molecule has 12 aromatic rings. The van der Waals surface area contributed by atoms with Gasteiger partial charge < -0.3 is 0 Å². The Morgan fingerprint density at radius 1 is 0.333 bits per heavy atom. The number of aryl methyl sites for hydroxylation is 1. The zero-order valence-electron chi connectivity index (χ0n) is 32.7. The Bertz CT molecular complexity index is 3650. The predicted molar refractivity (Wildman–Crippen MR) is 264 cm³/mol. The van der Waals surface area contributed by atoms with Gasteiger partial charge in [0.1, 0.15) is 0 Å². The highest BCUT2D eigenvalue weighted by Crippen LogP contribution is 2.52. The van der Waals surface area contributed by atoms with Crippen LogP contribution in [0.2, 0.25) is 0 Å². The quantitative estimate of drug-likeness (QED) is 0.156. The number of benzene rings is 10. The van der Waals surface area contributed by atoms with E-state index in [2.05, 4.69) is 194 Å². The first kappa shape index (κ1) is 34.1. The molecule has 10 aromatic carbocycles. The van der Waals surface area contributed by atoms with Crippen LogP contribution in [0.15, 0.2) is 188 Å². The minimum Gasteiger partial charge on any atom is -0.136 e. The molecule has 0 N–H and O–H groups in total. The molecule has 0 saturated heterocycles. The van der Waals surface area contributed by atoms with Gasteiger partial charge in [0.15, 0.2) is 0 Å². The van der Waals surface area contributed by atoms with Gasteiger partial charge in [0, 0.05) is 29.7 Å². The Labute approximate surface area is 355 Å². The van der Waals surface area contributed by atoms with E-state index in [0.717, 1.165) is 12.8 Å². The minimum absolute atomic E-state index is 1.11. The van der Waals surface area contributed by atoms with Crippen LogP contribution < -0.4 is 0 Å². The van der Waals surface area contributed by atoms with E-state index in [4.69, 9.17) is 0 Å². The van der Waals surface area contributed by atoms with Crippen molar-refractivity contribution in [1.82, 2.24) is 0 Å². The Balaban J connectivity index is 1.13. The fraction of sp³-hybridized carbons (Fsp3) is 0.0345. The Morgan fingerprint density at radius 3 is 1.32 bits per heavy atom. The zero-order valence-corrected chi connectivity index (χ0v) is 34.3. The molecule has 60 heavy (non-hydrogen) atoms. The highest BCUT2D eigenvalue weighted by atomic mass is 32.1. The maximum atomic E-state index is 2.48. The molecule has 1 aliphatic rings. The van der Waals surface area contributed by atoms with E-state index in [-0.39, 0.29) is 0 Å². The second-order valence-electron chi connectivity index (χ2n) is 16.1. The molecular formula is C58H36S2. The lowest BCUT2D eigenvalue weighted by Crippen LogP contribution is -1.93. The zero-order chi connectivity index (χ0) is 39.3. The summed E-state index contributed by atoms with van der Waals surface area (Å²) in [6.45, 7) is 0. The average molecular weight is 797 g/mol. The Hall–Kier alpha value is -6.84. The molecule has 0 bridgehead atoms. The molecule has 2 heteroatoms. The van der Waals surface area contributed by atoms with Crippen LogP contribution in [0.4, 0.5) is 0 Å². The first-order chi connectivity index (χ1) is 29.8. The van der Waals surface area contributed by atoms with Crippen LogP contribution in [0.5, 0.6) is 0 Å². The van der Waals surface area contributed by atoms with Crippen LogP contribution in [0.1, 0.15) is 16.9 Å². The summed E-state index contributed by atoms with van der Waals surface area (Å²) >= 11 is 3.84. The number of hydrogen-bond donors (Lipinski definition) is 0. The molecule has 0 unspecified atom stereocenters. The fourth-order valence-corrected chi connectivity index (χ4v) is 12.8. The molecule has 0 aliphatic heterocycles. The smallest absolute Gasteiger partial charge is 0.0361 e. The number of hydrogen-bond acceptors (Lipinski definition) is 2. The van der Waals surface area contributed by atoms with Crippen LogP contribution in [-0.2, 0) is 6.42 Å². The molecule has 0 fully saturated rings. The van der Waals surface area contributed by atoms with Crippen LogP contribution in [-0.4, -0.2) is 0 Å². The van der Waals surface area contributed by atoms with Crippen LogP contribution in [0.3, 0.4) is 0 Å². The van der Waals surface area contributed by atoms with Crippen molar-refractivity contribution >= 4 is 102 Å². The van der Waals surface area contributed by atoms with E-state index in [9.17, 15) is 0 Å². The van der Waals surface area contributed by atoms with Crippen molar-refractivity contribution in [3.8, 4) is 44.5 Å². The second-order valence-corrected chi connectivity index (χ2v) is 18.3. The first-order valence-electron chi connectivity index (χ1n) is 20.9. The number of allylic oxidation sites excluding steroid dienone is 1. The highest BCUT2D eigenvalue weighted by Gasteiger charge is 2.24. The molecule has 1 aliphatic carbocycles. The van der Waals surface area contributed by atoms with Crippen molar-refractivity contribution in [2.75, 3.05) is 0 Å². The predicted octanol–water partition coefficient (Wildman–Crippen LogP) is 17.5. The van der Waals surface area contributed by atoms with Gasteiger partial charge in [-0.15, -0.1) is 22.7 Å². The number of fused-ring (bicyclic) bond motifs is 10. The topological polar surface area (TPSA) is 0 Å². The fourth-order valence-electron chi connectivity index (χ4n) is 10.5. The second kappa shape index (κ2) is 13.3. The summed E-state index contributed by atoms with van der Waals surface area (Å²) in [4.78, 5) is 1.42. The van der Waals surface area contributed by atoms with Crippen molar-refractivity contribution < 1.29 is 0 Å². The normalized spacial score (nSPS) is 12.8. The molecule has 0 atom stereocenters. The minimum atomic E-state index is 1.11. The molecular weight excluding hydrogens is 761 g/mol.